The van der Waals surface area contributed by atoms with Crippen molar-refractivity contribution in [3.63, 3.8) is 0 Å². The van der Waals surface area contributed by atoms with E-state index < -0.39 is 23.5 Å². The Morgan fingerprint density at radius 3 is 1.63 bits per heavy atom. The van der Waals surface area contributed by atoms with Gasteiger partial charge in [-0.3, -0.25) is 10.4 Å². The van der Waals surface area contributed by atoms with Crippen molar-refractivity contribution < 1.29 is 26.3 Å². The van der Waals surface area contributed by atoms with E-state index in [9.17, 15) is 26.3 Å². The molecule has 3 aromatic rings. The van der Waals surface area contributed by atoms with Crippen molar-refractivity contribution in [1.82, 2.24) is 4.98 Å². The zero-order valence-electron chi connectivity index (χ0n) is 26.0. The number of benzene rings is 2. The van der Waals surface area contributed by atoms with Crippen LogP contribution in [-0.2, 0) is 12.4 Å². The van der Waals surface area contributed by atoms with Crippen molar-refractivity contribution in [2.75, 3.05) is 0 Å². The molecule has 0 amide bonds. The van der Waals surface area contributed by atoms with Crippen molar-refractivity contribution >= 4 is 63.4 Å². The second kappa shape index (κ2) is 20.7. The average Bonchev–Trinajstić information content (AvgIpc) is 3.00. The topological polar surface area (TPSA) is 62.8 Å². The molecular formula is C34H42ClF6I2N3. The van der Waals surface area contributed by atoms with Gasteiger partial charge in [0.25, 0.3) is 0 Å². The van der Waals surface area contributed by atoms with Crippen LogP contribution in [0.5, 0.6) is 0 Å². The maximum atomic E-state index is 12.8. The Kier molecular flexibility index (Phi) is 19.1. The summed E-state index contributed by atoms with van der Waals surface area (Å²) in [7, 11) is 0. The highest BCUT2D eigenvalue weighted by molar-refractivity contribution is 14.1. The number of alkyl halides is 7. The van der Waals surface area contributed by atoms with E-state index in [1.807, 2.05) is 28.7 Å². The summed E-state index contributed by atoms with van der Waals surface area (Å²) in [5, 5.41) is 6.95. The molecule has 0 saturated heterocycles. The Balaban J connectivity index is 0.000000321. The van der Waals surface area contributed by atoms with Crippen LogP contribution in [0, 0.1) is 22.8 Å². The first-order valence-electron chi connectivity index (χ1n) is 15.0. The molecule has 46 heavy (non-hydrogen) atoms. The second-order valence-corrected chi connectivity index (χ2v) is 14.1. The van der Waals surface area contributed by atoms with Gasteiger partial charge in [0, 0.05) is 13.7 Å². The molecule has 256 valence electrons. The van der Waals surface area contributed by atoms with Gasteiger partial charge in [-0.1, -0.05) is 85.4 Å². The van der Waals surface area contributed by atoms with Gasteiger partial charge < -0.3 is 5.73 Å². The lowest BCUT2D eigenvalue weighted by atomic mass is 9.81. The van der Waals surface area contributed by atoms with E-state index in [-0.39, 0.29) is 18.2 Å². The van der Waals surface area contributed by atoms with Crippen LogP contribution in [0.2, 0.25) is 0 Å². The number of hydrogen-bond donors (Lipinski definition) is 2. The van der Waals surface area contributed by atoms with E-state index in [1.54, 1.807) is 43.5 Å². The number of nitrogens with two attached hydrogens (primary N) is 1. The van der Waals surface area contributed by atoms with Gasteiger partial charge in [-0.2, -0.15) is 26.3 Å². The lowest BCUT2D eigenvalue weighted by Crippen LogP contribution is -2.12. The van der Waals surface area contributed by atoms with E-state index in [0.717, 1.165) is 41.2 Å². The van der Waals surface area contributed by atoms with Crippen molar-refractivity contribution in [3.05, 3.63) is 97.9 Å². The summed E-state index contributed by atoms with van der Waals surface area (Å²) in [5.41, 5.74) is 6.26. The number of hydrogen-bond acceptors (Lipinski definition) is 2. The van der Waals surface area contributed by atoms with E-state index in [0.29, 0.717) is 26.3 Å². The fraction of sp³-hybridized carbons (Fsp3) is 0.471. The van der Waals surface area contributed by atoms with Gasteiger partial charge in [0.1, 0.15) is 11.5 Å². The predicted molar refractivity (Wildman–Crippen MR) is 194 cm³/mol. The summed E-state index contributed by atoms with van der Waals surface area (Å²) < 4.78 is 76.7. The highest BCUT2D eigenvalue weighted by Gasteiger charge is 2.34. The average molecular weight is 896 g/mol. The first-order chi connectivity index (χ1) is 21.1. The third-order valence-electron chi connectivity index (χ3n) is 7.77. The van der Waals surface area contributed by atoms with Gasteiger partial charge in [0.05, 0.1) is 11.1 Å². The molecule has 0 spiro atoms. The van der Waals surface area contributed by atoms with Crippen LogP contribution in [0.1, 0.15) is 104 Å². The second-order valence-electron chi connectivity index (χ2n) is 11.1. The lowest BCUT2D eigenvalue weighted by molar-refractivity contribution is -0.138. The molecule has 0 radical (unpaired) electrons. The molecule has 12 heteroatoms. The van der Waals surface area contributed by atoms with Crippen molar-refractivity contribution in [2.45, 2.75) is 100 Å². The normalized spacial score (nSPS) is 15.4. The number of rotatable bonds is 2. The smallest absolute Gasteiger partial charge is 0.382 e. The van der Waals surface area contributed by atoms with Crippen molar-refractivity contribution in [3.8, 4) is 0 Å². The number of pyridine rings is 1. The molecule has 3 N–H and O–H groups in total. The van der Waals surface area contributed by atoms with E-state index in [1.165, 1.54) is 57.6 Å². The van der Waals surface area contributed by atoms with E-state index in [2.05, 4.69) is 27.6 Å². The van der Waals surface area contributed by atoms with Gasteiger partial charge in [0.15, 0.2) is 0 Å². The van der Waals surface area contributed by atoms with Crippen LogP contribution in [0.4, 0.5) is 26.3 Å². The molecule has 5 rings (SSSR count). The van der Waals surface area contributed by atoms with Gasteiger partial charge >= 0.3 is 12.4 Å². The molecule has 1 heterocycles. The SMILES string of the molecule is Cc1c(C2CCCCC2)cccc1C(F)(F)F.Cc1c(I)cccc1C(F)(F)F.Cl.IC1CCCCC1.N=C(N)c1ccccn1. The number of amidine groups is 1. The van der Waals surface area contributed by atoms with Crippen LogP contribution in [0.25, 0.3) is 0 Å². The summed E-state index contributed by atoms with van der Waals surface area (Å²) >= 11 is 4.45. The van der Waals surface area contributed by atoms with Gasteiger partial charge in [-0.05, 0) is 115 Å². The molecule has 0 atom stereocenters. The van der Waals surface area contributed by atoms with E-state index >= 15 is 0 Å². The molecule has 0 bridgehead atoms. The molecule has 2 aromatic carbocycles. The standard InChI is InChI=1S/C14H17F3.C8H6F3I.C6H11I.C6H7N3.ClH/c1-10-12(11-6-3-2-4-7-11)8-5-9-13(10)14(15,16)17;1-5-6(8(9,10)11)3-2-4-7(5)12;7-6-4-2-1-3-5-6;7-6(8)5-3-1-2-4-9-5;/h5,8-9,11H,2-4,6-7H2,1H3;2-4H,1H3;6H,1-5H2;1-4H,(H3,7,8);1H. The van der Waals surface area contributed by atoms with Gasteiger partial charge in [-0.15, -0.1) is 12.4 Å². The molecule has 2 aliphatic carbocycles. The molecular weight excluding hydrogens is 854 g/mol. The third-order valence-corrected chi connectivity index (χ3v) is 10.2. The first-order valence-corrected chi connectivity index (χ1v) is 17.3. The molecule has 1 aromatic heterocycles. The number of nitrogen functional groups attached to an aromatic ring is 1. The fourth-order valence-corrected chi connectivity index (χ4v) is 6.68. The predicted octanol–water partition coefficient (Wildman–Crippen LogP) is 12.2. The third kappa shape index (κ3) is 14.7. The van der Waals surface area contributed by atoms with Gasteiger partial charge in [0.2, 0.25) is 0 Å². The fourth-order valence-electron chi connectivity index (χ4n) is 5.31. The lowest BCUT2D eigenvalue weighted by Gasteiger charge is -2.25. The Morgan fingerprint density at radius 2 is 1.24 bits per heavy atom. The quantitative estimate of drug-likeness (QED) is 0.0885. The molecule has 2 fully saturated rings. The Morgan fingerprint density at radius 1 is 0.739 bits per heavy atom. The number of nitrogens with one attached hydrogen (secondary N) is 1. The maximum absolute atomic E-state index is 12.8. The number of aromatic nitrogens is 1. The zero-order valence-corrected chi connectivity index (χ0v) is 31.1. The summed E-state index contributed by atoms with van der Waals surface area (Å²) in [6, 6.07) is 14.0. The molecule has 3 nitrogen and oxygen atoms in total. The molecule has 0 aliphatic heterocycles. The molecule has 0 unspecified atom stereocenters. The van der Waals surface area contributed by atoms with Crippen LogP contribution < -0.4 is 5.73 Å². The van der Waals surface area contributed by atoms with Crippen LogP contribution in [0.3, 0.4) is 0 Å². The van der Waals surface area contributed by atoms with Crippen molar-refractivity contribution in [2.24, 2.45) is 5.73 Å². The largest absolute Gasteiger partial charge is 0.416 e. The summed E-state index contributed by atoms with van der Waals surface area (Å²) in [6.45, 7) is 3.08. The van der Waals surface area contributed by atoms with Crippen LogP contribution >= 0.6 is 57.6 Å². The summed E-state index contributed by atoms with van der Waals surface area (Å²) in [5.74, 6) is 0.335. The van der Waals surface area contributed by atoms with Gasteiger partial charge in [-0.25, -0.2) is 0 Å². The Bertz CT molecular complexity index is 1320. The minimum atomic E-state index is -4.23. The highest BCUT2D eigenvalue weighted by Crippen LogP contribution is 2.39. The van der Waals surface area contributed by atoms with Crippen molar-refractivity contribution in [1.29, 1.82) is 5.41 Å². The van der Waals surface area contributed by atoms with Crippen LogP contribution in [0.15, 0.2) is 60.8 Å². The monoisotopic (exact) mass is 895 g/mol. The zero-order chi connectivity index (χ0) is 33.6. The minimum Gasteiger partial charge on any atom is -0.382 e. The highest BCUT2D eigenvalue weighted by atomic mass is 127. The summed E-state index contributed by atoms with van der Waals surface area (Å²) in [6.07, 6.45) is 6.10. The maximum Gasteiger partial charge on any atom is 0.416 e. The summed E-state index contributed by atoms with van der Waals surface area (Å²) in [4.78, 5) is 3.83. The first kappa shape index (κ1) is 42.4. The molecule has 2 aliphatic rings. The number of halogens is 9. The van der Waals surface area contributed by atoms with E-state index in [4.69, 9.17) is 11.1 Å². The molecule has 2 saturated carbocycles. The Hall–Kier alpha value is -1.61. The number of nitrogens with zero attached hydrogens (tertiary/aromatic N) is 1. The Labute approximate surface area is 302 Å². The minimum absolute atomic E-state index is 0. The van der Waals surface area contributed by atoms with Crippen LogP contribution in [-0.4, -0.2) is 14.7 Å².